The van der Waals surface area contributed by atoms with Crippen LogP contribution in [0.15, 0.2) is 30.3 Å². The molecule has 2 N–H and O–H groups in total. The number of nitrogen functional groups attached to an aromatic ring is 1. The molecule has 0 bridgehead atoms. The van der Waals surface area contributed by atoms with E-state index in [0.717, 1.165) is 0 Å². The molecule has 0 atom stereocenters. The molecule has 0 radical (unpaired) electrons. The SMILES string of the molecule is COC(=O)c1cc(N)cc(Cl)c1Oc1ccc(Cl)c(Cl)c1. The zero-order chi connectivity index (χ0) is 15.6. The van der Waals surface area contributed by atoms with Gasteiger partial charge in [-0.1, -0.05) is 34.8 Å². The Kier molecular flexibility index (Phi) is 4.83. The van der Waals surface area contributed by atoms with Gasteiger partial charge in [0.1, 0.15) is 11.3 Å². The lowest BCUT2D eigenvalue weighted by atomic mass is 10.1. The van der Waals surface area contributed by atoms with Gasteiger partial charge in [-0.2, -0.15) is 0 Å². The number of ether oxygens (including phenoxy) is 2. The van der Waals surface area contributed by atoms with Crippen molar-refractivity contribution >= 4 is 46.5 Å². The summed E-state index contributed by atoms with van der Waals surface area (Å²) in [5.74, 6) is -0.100. The molecule has 0 amide bonds. The van der Waals surface area contributed by atoms with E-state index in [1.54, 1.807) is 12.1 Å². The Balaban J connectivity index is 2.47. The number of carbonyl (C=O) groups excluding carboxylic acids is 1. The molecule has 21 heavy (non-hydrogen) atoms. The van der Waals surface area contributed by atoms with Crippen molar-refractivity contribution in [3.8, 4) is 11.5 Å². The number of hydrogen-bond acceptors (Lipinski definition) is 4. The van der Waals surface area contributed by atoms with Gasteiger partial charge in [0, 0.05) is 11.8 Å². The molecule has 110 valence electrons. The summed E-state index contributed by atoms with van der Waals surface area (Å²) in [5, 5.41) is 0.891. The topological polar surface area (TPSA) is 61.5 Å². The number of benzene rings is 2. The molecule has 2 rings (SSSR count). The second-order valence-electron chi connectivity index (χ2n) is 4.05. The molecule has 0 fully saturated rings. The number of rotatable bonds is 3. The summed E-state index contributed by atoms with van der Waals surface area (Å²) in [6.45, 7) is 0. The third-order valence-corrected chi connectivity index (χ3v) is 3.60. The first-order chi connectivity index (χ1) is 9.92. The zero-order valence-electron chi connectivity index (χ0n) is 10.8. The third-order valence-electron chi connectivity index (χ3n) is 2.58. The van der Waals surface area contributed by atoms with E-state index in [-0.39, 0.29) is 16.3 Å². The van der Waals surface area contributed by atoms with Crippen LogP contribution in [0, 0.1) is 0 Å². The van der Waals surface area contributed by atoms with Gasteiger partial charge >= 0.3 is 5.97 Å². The minimum absolute atomic E-state index is 0.119. The Morgan fingerprint density at radius 3 is 2.38 bits per heavy atom. The number of halogens is 3. The van der Waals surface area contributed by atoms with E-state index >= 15 is 0 Å². The minimum atomic E-state index is -0.612. The van der Waals surface area contributed by atoms with Crippen molar-refractivity contribution in [2.24, 2.45) is 0 Å². The van der Waals surface area contributed by atoms with Crippen molar-refractivity contribution in [1.29, 1.82) is 0 Å². The predicted molar refractivity (Wildman–Crippen MR) is 83.7 cm³/mol. The average molecular weight is 347 g/mol. The fourth-order valence-electron chi connectivity index (χ4n) is 1.64. The van der Waals surface area contributed by atoms with E-state index in [1.807, 2.05) is 0 Å². The summed E-state index contributed by atoms with van der Waals surface area (Å²) < 4.78 is 10.3. The number of nitrogens with two attached hydrogens (primary N) is 1. The first-order valence-electron chi connectivity index (χ1n) is 5.72. The molecule has 0 unspecified atom stereocenters. The van der Waals surface area contributed by atoms with Gasteiger partial charge < -0.3 is 15.2 Å². The van der Waals surface area contributed by atoms with Crippen molar-refractivity contribution in [2.75, 3.05) is 12.8 Å². The second kappa shape index (κ2) is 6.43. The van der Waals surface area contributed by atoms with E-state index < -0.39 is 5.97 Å². The molecule has 0 spiro atoms. The van der Waals surface area contributed by atoms with Crippen LogP contribution in [0.4, 0.5) is 5.69 Å². The Morgan fingerprint density at radius 1 is 1.05 bits per heavy atom. The van der Waals surface area contributed by atoms with Gasteiger partial charge in [0.2, 0.25) is 0 Å². The molecule has 0 aliphatic carbocycles. The summed E-state index contributed by atoms with van der Waals surface area (Å²) in [5.41, 5.74) is 6.11. The Hall–Kier alpha value is -1.62. The summed E-state index contributed by atoms with van der Waals surface area (Å²) in [6, 6.07) is 7.58. The summed E-state index contributed by atoms with van der Waals surface area (Å²) >= 11 is 17.8. The van der Waals surface area contributed by atoms with Gasteiger partial charge in [0.15, 0.2) is 5.75 Å². The number of esters is 1. The van der Waals surface area contributed by atoms with Crippen LogP contribution in [-0.4, -0.2) is 13.1 Å². The van der Waals surface area contributed by atoms with Crippen LogP contribution in [-0.2, 0) is 4.74 Å². The average Bonchev–Trinajstić information content (AvgIpc) is 2.44. The van der Waals surface area contributed by atoms with Crippen LogP contribution in [0.5, 0.6) is 11.5 Å². The smallest absolute Gasteiger partial charge is 0.341 e. The van der Waals surface area contributed by atoms with Crippen molar-refractivity contribution in [3.05, 3.63) is 51.0 Å². The minimum Gasteiger partial charge on any atom is -0.465 e. The van der Waals surface area contributed by atoms with Crippen LogP contribution >= 0.6 is 34.8 Å². The first kappa shape index (κ1) is 15.8. The van der Waals surface area contributed by atoms with Crippen molar-refractivity contribution in [2.45, 2.75) is 0 Å². The lowest BCUT2D eigenvalue weighted by molar-refractivity contribution is 0.0598. The van der Waals surface area contributed by atoms with E-state index in [9.17, 15) is 4.79 Å². The summed E-state index contributed by atoms with van der Waals surface area (Å²) in [7, 11) is 1.25. The number of anilines is 1. The summed E-state index contributed by atoms with van der Waals surface area (Å²) in [6.07, 6.45) is 0. The highest BCUT2D eigenvalue weighted by molar-refractivity contribution is 6.42. The molecule has 0 aliphatic heterocycles. The Bertz CT molecular complexity index is 704. The highest BCUT2D eigenvalue weighted by Gasteiger charge is 2.18. The fraction of sp³-hybridized carbons (Fsp3) is 0.0714. The number of methoxy groups -OCH3 is 1. The van der Waals surface area contributed by atoms with E-state index in [1.165, 1.54) is 25.3 Å². The van der Waals surface area contributed by atoms with Crippen LogP contribution in [0.25, 0.3) is 0 Å². The normalized spacial score (nSPS) is 10.3. The molecule has 7 heteroatoms. The lowest BCUT2D eigenvalue weighted by Gasteiger charge is -2.13. The zero-order valence-corrected chi connectivity index (χ0v) is 13.1. The van der Waals surface area contributed by atoms with Crippen LogP contribution in [0.1, 0.15) is 10.4 Å². The Labute approximate surface area is 136 Å². The van der Waals surface area contributed by atoms with Crippen molar-refractivity contribution in [3.63, 3.8) is 0 Å². The molecule has 0 saturated carbocycles. The van der Waals surface area contributed by atoms with Gasteiger partial charge in [0.05, 0.1) is 22.2 Å². The standard InChI is InChI=1S/C14H10Cl3NO3/c1-20-14(19)9-4-7(18)5-12(17)13(9)21-8-2-3-10(15)11(16)6-8/h2-6H,18H2,1H3. The maximum atomic E-state index is 11.8. The maximum absolute atomic E-state index is 11.8. The second-order valence-corrected chi connectivity index (χ2v) is 5.27. The van der Waals surface area contributed by atoms with Crippen molar-refractivity contribution in [1.82, 2.24) is 0 Å². The highest BCUT2D eigenvalue weighted by atomic mass is 35.5. The third kappa shape index (κ3) is 3.53. The molecule has 2 aromatic carbocycles. The van der Waals surface area contributed by atoms with Gasteiger partial charge in [-0.15, -0.1) is 0 Å². The first-order valence-corrected chi connectivity index (χ1v) is 6.86. The number of hydrogen-bond donors (Lipinski definition) is 1. The van der Waals surface area contributed by atoms with Crippen molar-refractivity contribution < 1.29 is 14.3 Å². The van der Waals surface area contributed by atoms with Gasteiger partial charge in [0.25, 0.3) is 0 Å². The Morgan fingerprint density at radius 2 is 1.76 bits per heavy atom. The summed E-state index contributed by atoms with van der Waals surface area (Å²) in [4.78, 5) is 11.8. The molecule has 0 aromatic heterocycles. The molecule has 2 aromatic rings. The van der Waals surface area contributed by atoms with Crippen LogP contribution < -0.4 is 10.5 Å². The van der Waals surface area contributed by atoms with Gasteiger partial charge in [-0.3, -0.25) is 0 Å². The largest absolute Gasteiger partial charge is 0.465 e. The molecular formula is C14H10Cl3NO3. The fourth-order valence-corrected chi connectivity index (χ4v) is 2.19. The maximum Gasteiger partial charge on any atom is 0.341 e. The molecule has 0 heterocycles. The lowest BCUT2D eigenvalue weighted by Crippen LogP contribution is -2.05. The van der Waals surface area contributed by atoms with Crippen LogP contribution in [0.2, 0.25) is 15.1 Å². The highest BCUT2D eigenvalue weighted by Crippen LogP contribution is 2.37. The molecule has 0 saturated heterocycles. The predicted octanol–water partition coefficient (Wildman–Crippen LogP) is 4.81. The molecule has 4 nitrogen and oxygen atoms in total. The number of carbonyl (C=O) groups is 1. The molecule has 0 aliphatic rings. The quantitative estimate of drug-likeness (QED) is 0.640. The van der Waals surface area contributed by atoms with E-state index in [2.05, 4.69) is 4.74 Å². The van der Waals surface area contributed by atoms with Gasteiger partial charge in [-0.05, 0) is 24.3 Å². The van der Waals surface area contributed by atoms with E-state index in [0.29, 0.717) is 21.5 Å². The van der Waals surface area contributed by atoms with Crippen LogP contribution in [0.3, 0.4) is 0 Å². The monoisotopic (exact) mass is 345 g/mol. The molecular weight excluding hydrogens is 337 g/mol. The van der Waals surface area contributed by atoms with E-state index in [4.69, 9.17) is 45.3 Å². The van der Waals surface area contributed by atoms with Gasteiger partial charge in [-0.25, -0.2) is 4.79 Å².